The Hall–Kier alpha value is -2.00. The van der Waals surface area contributed by atoms with Crippen molar-refractivity contribution in [3.8, 4) is 0 Å². The van der Waals surface area contributed by atoms with Crippen LogP contribution in [0.5, 0.6) is 0 Å². The van der Waals surface area contributed by atoms with Crippen LogP contribution in [0.4, 0.5) is 11.4 Å². The summed E-state index contributed by atoms with van der Waals surface area (Å²) in [4.78, 5) is 4.14. The summed E-state index contributed by atoms with van der Waals surface area (Å²) in [5.74, 6) is 0.492. The minimum absolute atomic E-state index is 0.220. The zero-order valence-corrected chi connectivity index (χ0v) is 14.8. The first-order valence-electron chi connectivity index (χ1n) is 7.88. The molecule has 1 atom stereocenters. The molecule has 23 heavy (non-hydrogen) atoms. The molecule has 0 aromatic heterocycles. The third-order valence-corrected chi connectivity index (χ3v) is 4.82. The molecule has 1 N–H and O–H groups in total. The second-order valence-corrected chi connectivity index (χ2v) is 6.71. The highest BCUT2D eigenvalue weighted by Gasteiger charge is 2.36. The lowest BCUT2D eigenvalue weighted by Gasteiger charge is -2.27. The minimum Gasteiger partial charge on any atom is -0.309 e. The Morgan fingerprint density at radius 3 is 2.04 bits per heavy atom. The second kappa shape index (κ2) is 5.89. The van der Waals surface area contributed by atoms with E-state index < -0.39 is 0 Å². The fraction of sp³-hybridized carbons (Fsp3) is 0.316. The molecule has 1 saturated heterocycles. The van der Waals surface area contributed by atoms with Crippen molar-refractivity contribution in [2.24, 2.45) is 0 Å². The molecule has 0 bridgehead atoms. The van der Waals surface area contributed by atoms with Crippen molar-refractivity contribution in [1.82, 2.24) is 0 Å². The fourth-order valence-electron chi connectivity index (χ4n) is 3.45. The number of guanidine groups is 1. The maximum atomic E-state index is 8.75. The van der Waals surface area contributed by atoms with Gasteiger partial charge in [-0.15, -0.1) is 0 Å². The molecule has 1 unspecified atom stereocenters. The highest BCUT2D eigenvalue weighted by Crippen LogP contribution is 2.36. The van der Waals surface area contributed by atoms with Crippen LogP contribution in [0.1, 0.15) is 23.6 Å². The van der Waals surface area contributed by atoms with Crippen LogP contribution in [-0.4, -0.2) is 18.5 Å². The number of halogens is 1. The first kappa shape index (κ1) is 15.9. The molecule has 0 saturated carbocycles. The van der Waals surface area contributed by atoms with Crippen LogP contribution in [0.2, 0.25) is 5.02 Å². The number of benzene rings is 2. The van der Waals surface area contributed by atoms with Crippen LogP contribution < -0.4 is 9.80 Å². The molecule has 0 spiro atoms. The van der Waals surface area contributed by atoms with Gasteiger partial charge in [0.05, 0.1) is 16.8 Å². The Morgan fingerprint density at radius 2 is 1.48 bits per heavy atom. The number of nitrogens with one attached hydrogen (secondary N) is 1. The number of para-hydroxylation sites is 2. The van der Waals surface area contributed by atoms with Gasteiger partial charge >= 0.3 is 0 Å². The molecule has 4 heteroatoms. The van der Waals surface area contributed by atoms with Crippen molar-refractivity contribution < 1.29 is 0 Å². The molecule has 0 radical (unpaired) electrons. The third kappa shape index (κ3) is 2.59. The molecule has 2 aromatic rings. The van der Waals surface area contributed by atoms with Gasteiger partial charge in [0.1, 0.15) is 0 Å². The molecule has 2 aromatic carbocycles. The summed E-state index contributed by atoms with van der Waals surface area (Å²) in [7, 11) is 0. The normalized spacial score (nSPS) is 18.0. The number of hydrogen-bond donors (Lipinski definition) is 1. The van der Waals surface area contributed by atoms with Crippen LogP contribution in [0.3, 0.4) is 0 Å². The van der Waals surface area contributed by atoms with E-state index in [9.17, 15) is 0 Å². The predicted octanol–water partition coefficient (Wildman–Crippen LogP) is 4.92. The lowest BCUT2D eigenvalue weighted by atomic mass is 10.1. The van der Waals surface area contributed by atoms with Gasteiger partial charge in [-0.05, 0) is 50.5 Å². The Labute approximate surface area is 143 Å². The number of anilines is 2. The Balaban J connectivity index is 2.06. The van der Waals surface area contributed by atoms with Gasteiger partial charge in [-0.2, -0.15) is 0 Å². The van der Waals surface area contributed by atoms with Crippen molar-refractivity contribution in [1.29, 1.82) is 5.41 Å². The number of aryl methyl sites for hydroxylation is 3. The van der Waals surface area contributed by atoms with Crippen LogP contribution in [0.15, 0.2) is 36.4 Å². The van der Waals surface area contributed by atoms with Gasteiger partial charge < -0.3 is 9.80 Å². The average molecular weight is 328 g/mol. The van der Waals surface area contributed by atoms with E-state index >= 15 is 0 Å². The fourth-order valence-corrected chi connectivity index (χ4v) is 3.77. The maximum Gasteiger partial charge on any atom is 0.203 e. The van der Waals surface area contributed by atoms with E-state index in [1.54, 1.807) is 0 Å². The van der Waals surface area contributed by atoms with Gasteiger partial charge in [0.15, 0.2) is 0 Å². The van der Waals surface area contributed by atoms with Crippen LogP contribution in [0, 0.1) is 26.2 Å². The van der Waals surface area contributed by atoms with Gasteiger partial charge in [0.25, 0.3) is 0 Å². The molecular weight excluding hydrogens is 306 g/mol. The lowest BCUT2D eigenvalue weighted by molar-refractivity contribution is 0.789. The van der Waals surface area contributed by atoms with Gasteiger partial charge in [0, 0.05) is 12.2 Å². The summed E-state index contributed by atoms with van der Waals surface area (Å²) in [5, 5.41) is 9.45. The first-order valence-corrected chi connectivity index (χ1v) is 8.26. The molecule has 1 heterocycles. The van der Waals surface area contributed by atoms with Crippen LogP contribution in [0.25, 0.3) is 0 Å². The quantitative estimate of drug-likeness (QED) is 0.849. The largest absolute Gasteiger partial charge is 0.309 e. The van der Waals surface area contributed by atoms with Gasteiger partial charge in [-0.25, -0.2) is 0 Å². The molecule has 120 valence electrons. The number of hydrogen-bond acceptors (Lipinski definition) is 1. The lowest BCUT2D eigenvalue weighted by Crippen LogP contribution is -2.35. The van der Waals surface area contributed by atoms with Crippen molar-refractivity contribution in [3.05, 3.63) is 58.1 Å². The zero-order valence-electron chi connectivity index (χ0n) is 14.0. The van der Waals surface area contributed by atoms with Crippen molar-refractivity contribution in [3.63, 3.8) is 0 Å². The van der Waals surface area contributed by atoms with E-state index in [1.165, 1.54) is 11.1 Å². The van der Waals surface area contributed by atoms with Gasteiger partial charge in [-0.1, -0.05) is 41.9 Å². The minimum atomic E-state index is 0.220. The van der Waals surface area contributed by atoms with E-state index in [0.29, 0.717) is 11.0 Å². The Morgan fingerprint density at radius 1 is 0.957 bits per heavy atom. The molecule has 3 nitrogen and oxygen atoms in total. The van der Waals surface area contributed by atoms with Crippen molar-refractivity contribution >= 4 is 28.9 Å². The molecule has 0 amide bonds. The zero-order chi connectivity index (χ0) is 16.7. The standard InChI is InChI=1S/C19H22ClN3/c1-12-7-5-8-13(2)17(12)23-15(4)11-22(19(23)21)18-14(3)9-6-10-16(18)20/h5-10,15,21H,11H2,1-4H3. The highest BCUT2D eigenvalue weighted by atomic mass is 35.5. The van der Waals surface area contributed by atoms with E-state index in [1.807, 2.05) is 30.0 Å². The number of nitrogens with zero attached hydrogens (tertiary/aromatic N) is 2. The van der Waals surface area contributed by atoms with Crippen molar-refractivity contribution in [2.45, 2.75) is 33.7 Å². The second-order valence-electron chi connectivity index (χ2n) is 6.30. The SMILES string of the molecule is Cc1cccc(Cl)c1N1CC(C)N(c2c(C)cccc2C)C1=N. The molecule has 3 rings (SSSR count). The molecule has 0 aliphatic carbocycles. The summed E-state index contributed by atoms with van der Waals surface area (Å²) >= 11 is 6.42. The Bertz CT molecular complexity index is 729. The summed E-state index contributed by atoms with van der Waals surface area (Å²) < 4.78 is 0. The Kier molecular flexibility index (Phi) is 4.07. The highest BCUT2D eigenvalue weighted by molar-refractivity contribution is 6.34. The summed E-state index contributed by atoms with van der Waals surface area (Å²) in [6.07, 6.45) is 0. The predicted molar refractivity (Wildman–Crippen MR) is 99.1 cm³/mol. The topological polar surface area (TPSA) is 30.3 Å². The molecular formula is C19H22ClN3. The summed E-state index contributed by atoms with van der Waals surface area (Å²) in [6, 6.07) is 12.4. The van der Waals surface area contributed by atoms with E-state index in [-0.39, 0.29) is 6.04 Å². The molecule has 1 aliphatic heterocycles. The van der Waals surface area contributed by atoms with Crippen molar-refractivity contribution in [2.75, 3.05) is 16.3 Å². The van der Waals surface area contributed by atoms with Crippen LogP contribution >= 0.6 is 11.6 Å². The average Bonchev–Trinajstić information content (AvgIpc) is 2.75. The summed E-state index contributed by atoms with van der Waals surface area (Å²) in [5.41, 5.74) is 5.56. The van der Waals surface area contributed by atoms with Gasteiger partial charge in [0.2, 0.25) is 5.96 Å². The monoisotopic (exact) mass is 327 g/mol. The van der Waals surface area contributed by atoms with E-state index in [0.717, 1.165) is 23.5 Å². The van der Waals surface area contributed by atoms with Gasteiger partial charge in [-0.3, -0.25) is 5.41 Å². The number of rotatable bonds is 2. The maximum absolute atomic E-state index is 8.75. The third-order valence-electron chi connectivity index (χ3n) is 4.51. The van der Waals surface area contributed by atoms with E-state index in [2.05, 4.69) is 43.9 Å². The van der Waals surface area contributed by atoms with E-state index in [4.69, 9.17) is 17.0 Å². The molecule has 1 aliphatic rings. The smallest absolute Gasteiger partial charge is 0.203 e. The summed E-state index contributed by atoms with van der Waals surface area (Å²) in [6.45, 7) is 9.17. The molecule has 1 fully saturated rings. The first-order chi connectivity index (χ1) is 10.9. The van der Waals surface area contributed by atoms with Crippen LogP contribution in [-0.2, 0) is 0 Å².